The molecule has 7 heteroatoms. The summed E-state index contributed by atoms with van der Waals surface area (Å²) in [5.74, 6) is 0.617. The average molecular weight is 260 g/mol. The molecule has 0 aromatic carbocycles. The van der Waals surface area contributed by atoms with E-state index in [0.29, 0.717) is 19.1 Å². The van der Waals surface area contributed by atoms with Crippen molar-refractivity contribution in [2.24, 2.45) is 0 Å². The van der Waals surface area contributed by atoms with Crippen LogP contribution in [0, 0.1) is 0 Å². The lowest BCUT2D eigenvalue weighted by Crippen LogP contribution is -2.20. The molecule has 0 spiro atoms. The van der Waals surface area contributed by atoms with Gasteiger partial charge in [0.05, 0.1) is 6.61 Å². The number of nitrogen functional groups attached to an aromatic ring is 1. The molecule has 0 aliphatic rings. The molecule has 7 nitrogen and oxygen atoms in total. The van der Waals surface area contributed by atoms with Crippen molar-refractivity contribution >= 4 is 11.9 Å². The number of nitrogens with two attached hydrogens (primary N) is 1. The van der Waals surface area contributed by atoms with E-state index < -0.39 is 0 Å². The predicted octanol–water partition coefficient (Wildman–Crippen LogP) is 0.884. The Kier molecular flexibility index (Phi) is 4.07. The Morgan fingerprint density at radius 1 is 1.32 bits per heavy atom. The minimum atomic E-state index is 0.145. The Labute approximate surface area is 111 Å². The van der Waals surface area contributed by atoms with Gasteiger partial charge in [0.15, 0.2) is 0 Å². The average Bonchev–Trinajstić information content (AvgIpc) is 2.39. The molecule has 2 rings (SSSR count). The maximum atomic E-state index is 5.64. The molecule has 0 aliphatic heterocycles. The summed E-state index contributed by atoms with van der Waals surface area (Å²) in [6.45, 7) is 2.97. The number of rotatable bonds is 5. The third-order valence-electron chi connectivity index (χ3n) is 2.38. The second-order valence-electron chi connectivity index (χ2n) is 3.93. The molecule has 0 saturated carbocycles. The number of hydrogen-bond acceptors (Lipinski definition) is 7. The van der Waals surface area contributed by atoms with Gasteiger partial charge in [-0.2, -0.15) is 15.0 Å². The van der Waals surface area contributed by atoms with Gasteiger partial charge < -0.3 is 15.4 Å². The molecule has 0 fully saturated rings. The van der Waals surface area contributed by atoms with E-state index in [1.165, 1.54) is 0 Å². The Morgan fingerprint density at radius 3 is 2.84 bits per heavy atom. The van der Waals surface area contributed by atoms with E-state index >= 15 is 0 Å². The monoisotopic (exact) mass is 260 g/mol. The Hall–Kier alpha value is -2.44. The number of ether oxygens (including phenoxy) is 1. The molecule has 100 valence electrons. The quantitative estimate of drug-likeness (QED) is 0.853. The number of pyridine rings is 1. The van der Waals surface area contributed by atoms with Gasteiger partial charge in [-0.15, -0.1) is 0 Å². The van der Waals surface area contributed by atoms with Crippen LogP contribution in [-0.4, -0.2) is 33.6 Å². The fraction of sp³-hybridized carbons (Fsp3) is 0.333. The highest BCUT2D eigenvalue weighted by Gasteiger charge is 2.10. The van der Waals surface area contributed by atoms with Crippen molar-refractivity contribution in [3.63, 3.8) is 0 Å². The highest BCUT2D eigenvalue weighted by atomic mass is 16.5. The van der Waals surface area contributed by atoms with Crippen LogP contribution in [0.3, 0.4) is 0 Å². The van der Waals surface area contributed by atoms with E-state index in [9.17, 15) is 0 Å². The van der Waals surface area contributed by atoms with Crippen molar-refractivity contribution in [2.45, 2.75) is 13.5 Å². The van der Waals surface area contributed by atoms with Gasteiger partial charge in [0.1, 0.15) is 0 Å². The molecular formula is C12H16N6O. The summed E-state index contributed by atoms with van der Waals surface area (Å²) in [5, 5.41) is 0. The summed E-state index contributed by atoms with van der Waals surface area (Å²) in [6.07, 6.45) is 3.53. The molecule has 0 aliphatic carbocycles. The minimum Gasteiger partial charge on any atom is -0.464 e. The first kappa shape index (κ1) is 13.0. The molecule has 0 atom stereocenters. The minimum absolute atomic E-state index is 0.145. The second-order valence-corrected chi connectivity index (χ2v) is 3.93. The summed E-state index contributed by atoms with van der Waals surface area (Å²) in [7, 11) is 1.87. The third-order valence-corrected chi connectivity index (χ3v) is 2.38. The first-order chi connectivity index (χ1) is 9.19. The van der Waals surface area contributed by atoms with Crippen LogP contribution in [0.5, 0.6) is 6.01 Å². The molecular weight excluding hydrogens is 244 g/mol. The fourth-order valence-corrected chi connectivity index (χ4v) is 1.56. The summed E-state index contributed by atoms with van der Waals surface area (Å²) in [6, 6.07) is 4.11. The van der Waals surface area contributed by atoms with Crippen LogP contribution in [0.2, 0.25) is 0 Å². The molecule has 0 saturated heterocycles. The van der Waals surface area contributed by atoms with Crippen LogP contribution in [0.4, 0.5) is 11.9 Å². The lowest BCUT2D eigenvalue weighted by Gasteiger charge is -2.17. The number of hydrogen-bond donors (Lipinski definition) is 1. The Balaban J connectivity index is 2.16. The molecule has 0 unspecified atom stereocenters. The molecule has 2 aromatic heterocycles. The van der Waals surface area contributed by atoms with Gasteiger partial charge in [-0.05, 0) is 18.6 Å². The van der Waals surface area contributed by atoms with E-state index in [-0.39, 0.29) is 12.0 Å². The van der Waals surface area contributed by atoms with Crippen LogP contribution in [0.1, 0.15) is 12.5 Å². The molecule has 0 bridgehead atoms. The van der Waals surface area contributed by atoms with Crippen molar-refractivity contribution in [1.29, 1.82) is 0 Å². The van der Waals surface area contributed by atoms with Crippen LogP contribution in [0.25, 0.3) is 0 Å². The van der Waals surface area contributed by atoms with Crippen LogP contribution >= 0.6 is 0 Å². The van der Waals surface area contributed by atoms with Crippen molar-refractivity contribution in [3.8, 4) is 6.01 Å². The summed E-state index contributed by atoms with van der Waals surface area (Å²) >= 11 is 0. The van der Waals surface area contributed by atoms with Gasteiger partial charge in [-0.1, -0.05) is 6.07 Å². The van der Waals surface area contributed by atoms with E-state index in [0.717, 1.165) is 5.56 Å². The number of anilines is 2. The number of nitrogens with zero attached hydrogens (tertiary/aromatic N) is 5. The van der Waals surface area contributed by atoms with Gasteiger partial charge in [0.2, 0.25) is 11.9 Å². The van der Waals surface area contributed by atoms with E-state index in [1.54, 1.807) is 12.4 Å². The lowest BCUT2D eigenvalue weighted by atomic mass is 10.3. The van der Waals surface area contributed by atoms with Gasteiger partial charge >= 0.3 is 6.01 Å². The van der Waals surface area contributed by atoms with Crippen LogP contribution in [0.15, 0.2) is 24.5 Å². The Morgan fingerprint density at radius 2 is 2.16 bits per heavy atom. The standard InChI is InChI=1S/C12H16N6O/c1-3-19-12-16-10(13)15-11(17-12)18(2)8-9-5-4-6-14-7-9/h4-7H,3,8H2,1-2H3,(H2,13,15,16,17). The zero-order chi connectivity index (χ0) is 13.7. The van der Waals surface area contributed by atoms with Crippen molar-refractivity contribution in [3.05, 3.63) is 30.1 Å². The van der Waals surface area contributed by atoms with E-state index in [1.807, 2.05) is 31.0 Å². The van der Waals surface area contributed by atoms with E-state index in [4.69, 9.17) is 10.5 Å². The first-order valence-electron chi connectivity index (χ1n) is 5.93. The molecule has 2 N–H and O–H groups in total. The first-order valence-corrected chi connectivity index (χ1v) is 5.93. The number of aromatic nitrogens is 4. The van der Waals surface area contributed by atoms with Gasteiger partial charge in [-0.25, -0.2) is 0 Å². The van der Waals surface area contributed by atoms with Gasteiger partial charge in [0, 0.05) is 26.0 Å². The van der Waals surface area contributed by atoms with Gasteiger partial charge in [0.25, 0.3) is 0 Å². The lowest BCUT2D eigenvalue weighted by molar-refractivity contribution is 0.312. The Bertz CT molecular complexity index is 533. The van der Waals surface area contributed by atoms with Crippen molar-refractivity contribution < 1.29 is 4.74 Å². The maximum absolute atomic E-state index is 5.64. The molecule has 0 amide bonds. The van der Waals surface area contributed by atoms with E-state index in [2.05, 4.69) is 19.9 Å². The SMILES string of the molecule is CCOc1nc(N)nc(N(C)Cc2cccnc2)n1. The second kappa shape index (κ2) is 5.94. The molecule has 0 radical (unpaired) electrons. The zero-order valence-electron chi connectivity index (χ0n) is 10.9. The summed E-state index contributed by atoms with van der Waals surface area (Å²) in [5.41, 5.74) is 6.70. The third kappa shape index (κ3) is 3.51. The molecule has 2 heterocycles. The fourth-order valence-electron chi connectivity index (χ4n) is 1.56. The van der Waals surface area contributed by atoms with Gasteiger partial charge in [-0.3, -0.25) is 4.98 Å². The van der Waals surface area contributed by atoms with Crippen molar-refractivity contribution in [2.75, 3.05) is 24.3 Å². The largest absolute Gasteiger partial charge is 0.464 e. The molecule has 19 heavy (non-hydrogen) atoms. The van der Waals surface area contributed by atoms with Crippen LogP contribution in [-0.2, 0) is 6.54 Å². The normalized spacial score (nSPS) is 10.2. The highest BCUT2D eigenvalue weighted by Crippen LogP contribution is 2.14. The maximum Gasteiger partial charge on any atom is 0.323 e. The van der Waals surface area contributed by atoms with Crippen molar-refractivity contribution in [1.82, 2.24) is 19.9 Å². The highest BCUT2D eigenvalue weighted by molar-refractivity contribution is 5.36. The summed E-state index contributed by atoms with van der Waals surface area (Å²) in [4.78, 5) is 18.1. The predicted molar refractivity (Wildman–Crippen MR) is 71.8 cm³/mol. The topological polar surface area (TPSA) is 90.0 Å². The summed E-state index contributed by atoms with van der Waals surface area (Å²) < 4.78 is 5.25. The molecule has 2 aromatic rings. The zero-order valence-corrected chi connectivity index (χ0v) is 10.9. The smallest absolute Gasteiger partial charge is 0.323 e. The van der Waals surface area contributed by atoms with Crippen LogP contribution < -0.4 is 15.4 Å².